The molecule has 3 atom stereocenters. The van der Waals surface area contributed by atoms with Crippen LogP contribution in [0.1, 0.15) is 44.6 Å². The normalized spacial score (nSPS) is 24.7. The van der Waals surface area contributed by atoms with E-state index in [9.17, 15) is 9.90 Å². The SMILES string of the molecule is CC1CCC(CO)N(c2ncc(Cl)c(Nc3ccc4c(c3)c3c(c(=O)n4C)CCC(F)(F)[C@H](C4CC4)N3)n2)C1. The Morgan fingerprint density at radius 2 is 2.05 bits per heavy atom. The van der Waals surface area contributed by atoms with E-state index in [1.165, 1.54) is 4.57 Å². The Morgan fingerprint density at radius 3 is 2.79 bits per heavy atom. The number of alkyl halides is 2. The van der Waals surface area contributed by atoms with E-state index in [4.69, 9.17) is 16.6 Å². The van der Waals surface area contributed by atoms with Crippen molar-refractivity contribution in [2.75, 3.05) is 28.7 Å². The lowest BCUT2D eigenvalue weighted by Crippen LogP contribution is -2.45. The van der Waals surface area contributed by atoms with Crippen LogP contribution in [-0.2, 0) is 13.5 Å². The number of aryl methyl sites for hydroxylation is 1. The van der Waals surface area contributed by atoms with Crippen LogP contribution in [-0.4, -0.2) is 50.8 Å². The highest BCUT2D eigenvalue weighted by atomic mass is 35.5. The Bertz CT molecular complexity index is 1480. The second-order valence-electron chi connectivity index (χ2n) is 11.3. The van der Waals surface area contributed by atoms with Gasteiger partial charge in [-0.3, -0.25) is 4.79 Å². The Morgan fingerprint density at radius 1 is 1.26 bits per heavy atom. The average Bonchev–Trinajstić information content (AvgIpc) is 3.76. The van der Waals surface area contributed by atoms with Crippen LogP contribution >= 0.6 is 11.6 Å². The predicted octanol–water partition coefficient (Wildman–Crippen LogP) is 5.09. The molecular weight excluding hydrogens is 526 g/mol. The van der Waals surface area contributed by atoms with Crippen LogP contribution in [0.4, 0.5) is 31.9 Å². The smallest absolute Gasteiger partial charge is 0.268 e. The van der Waals surface area contributed by atoms with Gasteiger partial charge >= 0.3 is 0 Å². The number of anilines is 4. The van der Waals surface area contributed by atoms with Crippen LogP contribution in [0.2, 0.25) is 5.02 Å². The average molecular weight is 559 g/mol. The highest BCUT2D eigenvalue weighted by Crippen LogP contribution is 2.46. The summed E-state index contributed by atoms with van der Waals surface area (Å²) in [5, 5.41) is 17.3. The first-order chi connectivity index (χ1) is 18.7. The number of halogens is 3. The fourth-order valence-electron chi connectivity index (χ4n) is 6.05. The number of benzene rings is 1. The van der Waals surface area contributed by atoms with Crippen LogP contribution < -0.4 is 21.1 Å². The molecule has 2 aliphatic heterocycles. The first-order valence-corrected chi connectivity index (χ1v) is 14.0. The maximum absolute atomic E-state index is 15.1. The van der Waals surface area contributed by atoms with Crippen LogP contribution in [0.3, 0.4) is 0 Å². The summed E-state index contributed by atoms with van der Waals surface area (Å²) >= 11 is 6.48. The van der Waals surface area contributed by atoms with Crippen molar-refractivity contribution in [2.45, 2.75) is 63.5 Å². The number of nitrogens with zero attached hydrogens (tertiary/aromatic N) is 4. The third-order valence-electron chi connectivity index (χ3n) is 8.45. The standard InChI is InChI=1S/C28H33ClF2N6O2/c1-15-3-7-18(14-38)37(13-15)27-32-12-21(29)25(35-27)33-17-6-8-22-20(11-17)23-19(26(39)36(22)2)9-10-28(30,31)24(34-23)16-4-5-16/h6,8,11-12,15-16,18,24,34,38H,3-5,7,9-10,13-14H2,1-2H3,(H,32,33,35)/t15?,18?,24-/m0/s1. The summed E-state index contributed by atoms with van der Waals surface area (Å²) in [6.45, 7) is 2.92. The van der Waals surface area contributed by atoms with Crippen LogP contribution in [0, 0.1) is 11.8 Å². The van der Waals surface area contributed by atoms with Crippen molar-refractivity contribution in [1.29, 1.82) is 0 Å². The summed E-state index contributed by atoms with van der Waals surface area (Å²) in [5.74, 6) is -1.64. The largest absolute Gasteiger partial charge is 0.394 e. The molecule has 3 aliphatic rings. The Labute approximate surface area is 230 Å². The third kappa shape index (κ3) is 4.82. The van der Waals surface area contributed by atoms with E-state index in [0.29, 0.717) is 50.5 Å². The minimum Gasteiger partial charge on any atom is -0.394 e. The second kappa shape index (κ2) is 9.89. The number of aliphatic hydroxyl groups is 1. The molecule has 0 radical (unpaired) electrons. The lowest BCUT2D eigenvalue weighted by atomic mass is 9.95. The van der Waals surface area contributed by atoms with Gasteiger partial charge in [0.25, 0.3) is 11.5 Å². The molecule has 2 fully saturated rings. The summed E-state index contributed by atoms with van der Waals surface area (Å²) in [6, 6.07) is 4.42. The summed E-state index contributed by atoms with van der Waals surface area (Å²) in [7, 11) is 1.67. The van der Waals surface area contributed by atoms with E-state index in [1.54, 1.807) is 19.3 Å². The molecule has 0 amide bonds. The number of hydrogen-bond acceptors (Lipinski definition) is 7. The van der Waals surface area contributed by atoms with Crippen molar-refractivity contribution in [3.05, 3.63) is 45.3 Å². The highest BCUT2D eigenvalue weighted by Gasteiger charge is 2.49. The van der Waals surface area contributed by atoms with Gasteiger partial charge in [0, 0.05) is 36.7 Å². The zero-order valence-electron chi connectivity index (χ0n) is 22.1. The number of aromatic nitrogens is 3. The Hall–Kier alpha value is -2.98. The molecule has 1 saturated heterocycles. The Balaban J connectivity index is 1.39. The molecule has 8 nitrogen and oxygen atoms in total. The van der Waals surface area contributed by atoms with Gasteiger partial charge in [0.2, 0.25) is 5.95 Å². The van der Waals surface area contributed by atoms with Gasteiger partial charge in [-0.2, -0.15) is 4.98 Å². The van der Waals surface area contributed by atoms with Gasteiger partial charge in [-0.25, -0.2) is 13.8 Å². The molecule has 1 saturated carbocycles. The molecular formula is C28H33ClF2N6O2. The van der Waals surface area contributed by atoms with E-state index in [2.05, 4.69) is 22.5 Å². The lowest BCUT2D eigenvalue weighted by molar-refractivity contribution is -0.0305. The fourth-order valence-corrected chi connectivity index (χ4v) is 6.19. The van der Waals surface area contributed by atoms with Gasteiger partial charge in [0.1, 0.15) is 5.02 Å². The maximum atomic E-state index is 15.1. The second-order valence-corrected chi connectivity index (χ2v) is 11.7. The molecule has 1 aromatic carbocycles. The molecule has 3 aromatic rings. The van der Waals surface area contributed by atoms with Crippen molar-refractivity contribution < 1.29 is 13.9 Å². The molecule has 3 N–H and O–H groups in total. The number of aliphatic hydroxyl groups excluding tert-OH is 1. The molecule has 1 aliphatic carbocycles. The van der Waals surface area contributed by atoms with Crippen LogP contribution in [0.25, 0.3) is 10.9 Å². The predicted molar refractivity (Wildman–Crippen MR) is 150 cm³/mol. The van der Waals surface area contributed by atoms with Gasteiger partial charge < -0.3 is 25.2 Å². The molecule has 4 heterocycles. The number of hydrogen-bond donors (Lipinski definition) is 3. The molecule has 11 heteroatoms. The van der Waals surface area contributed by atoms with E-state index in [0.717, 1.165) is 32.2 Å². The monoisotopic (exact) mass is 558 g/mol. The first kappa shape index (κ1) is 26.3. The zero-order chi connectivity index (χ0) is 27.5. The molecule has 0 spiro atoms. The third-order valence-corrected chi connectivity index (χ3v) is 8.73. The molecule has 208 valence electrons. The first-order valence-electron chi connectivity index (χ1n) is 13.6. The van der Waals surface area contributed by atoms with Crippen molar-refractivity contribution in [1.82, 2.24) is 14.5 Å². The van der Waals surface area contributed by atoms with Gasteiger partial charge in [0.15, 0.2) is 5.82 Å². The van der Waals surface area contributed by atoms with E-state index in [1.807, 2.05) is 17.0 Å². The van der Waals surface area contributed by atoms with Crippen molar-refractivity contribution in [3.63, 3.8) is 0 Å². The van der Waals surface area contributed by atoms with Crippen LogP contribution in [0.5, 0.6) is 0 Å². The minimum atomic E-state index is -2.89. The van der Waals surface area contributed by atoms with Crippen LogP contribution in [0.15, 0.2) is 29.2 Å². The number of rotatable bonds is 5. The number of fused-ring (bicyclic) bond motifs is 3. The molecule has 0 bridgehead atoms. The van der Waals surface area contributed by atoms with Crippen molar-refractivity contribution in [2.24, 2.45) is 18.9 Å². The molecule has 6 rings (SSSR count). The number of nitrogens with one attached hydrogen (secondary N) is 2. The van der Waals surface area contributed by atoms with Crippen molar-refractivity contribution >= 4 is 45.6 Å². The van der Waals surface area contributed by atoms with E-state index >= 15 is 8.78 Å². The fraction of sp³-hybridized carbons (Fsp3) is 0.536. The van der Waals surface area contributed by atoms with Gasteiger partial charge in [0.05, 0.1) is 36.1 Å². The van der Waals surface area contributed by atoms with Gasteiger partial charge in [-0.1, -0.05) is 18.5 Å². The number of pyridine rings is 1. The molecule has 2 unspecified atom stereocenters. The lowest BCUT2D eigenvalue weighted by Gasteiger charge is -2.37. The van der Waals surface area contributed by atoms with Gasteiger partial charge in [-0.15, -0.1) is 0 Å². The summed E-state index contributed by atoms with van der Waals surface area (Å²) < 4.78 is 31.7. The highest BCUT2D eigenvalue weighted by molar-refractivity contribution is 6.32. The van der Waals surface area contributed by atoms with E-state index < -0.39 is 12.0 Å². The molecule has 2 aromatic heterocycles. The van der Waals surface area contributed by atoms with Crippen molar-refractivity contribution in [3.8, 4) is 0 Å². The summed E-state index contributed by atoms with van der Waals surface area (Å²) in [5.41, 5.74) is 1.94. The topological polar surface area (TPSA) is 95.3 Å². The minimum absolute atomic E-state index is 0.0141. The zero-order valence-corrected chi connectivity index (χ0v) is 22.8. The molecule has 39 heavy (non-hydrogen) atoms. The quantitative estimate of drug-likeness (QED) is 0.401. The Kier molecular flexibility index (Phi) is 6.66. The maximum Gasteiger partial charge on any atom is 0.268 e. The van der Waals surface area contributed by atoms with Gasteiger partial charge in [-0.05, 0) is 62.1 Å². The number of piperidine rings is 1. The van der Waals surface area contributed by atoms with E-state index in [-0.39, 0.29) is 37.0 Å². The summed E-state index contributed by atoms with van der Waals surface area (Å²) in [4.78, 5) is 24.3. The summed E-state index contributed by atoms with van der Waals surface area (Å²) in [6.07, 6.45) is 4.62.